The van der Waals surface area contributed by atoms with E-state index in [1.165, 1.54) is 30.8 Å². The summed E-state index contributed by atoms with van der Waals surface area (Å²) in [6.07, 6.45) is 5.15. The van der Waals surface area contributed by atoms with Crippen molar-refractivity contribution in [2.75, 3.05) is 24.5 Å². The van der Waals surface area contributed by atoms with Crippen molar-refractivity contribution in [1.82, 2.24) is 9.88 Å². The fourth-order valence-corrected chi connectivity index (χ4v) is 3.68. The zero-order chi connectivity index (χ0) is 14.1. The highest BCUT2D eigenvalue weighted by Gasteiger charge is 2.42. The molecule has 0 N–H and O–H groups in total. The SMILES string of the molecule is c1ccc(CN2CC3CCN(c4cccnc4)CC32)cc1. The first-order chi connectivity index (χ1) is 10.4. The van der Waals surface area contributed by atoms with Crippen molar-refractivity contribution in [3.8, 4) is 0 Å². The first-order valence-corrected chi connectivity index (χ1v) is 7.83. The molecule has 2 aromatic rings. The Bertz CT molecular complexity index is 582. The number of rotatable bonds is 3. The molecule has 108 valence electrons. The van der Waals surface area contributed by atoms with Crippen LogP contribution in [0.1, 0.15) is 12.0 Å². The van der Waals surface area contributed by atoms with Gasteiger partial charge >= 0.3 is 0 Å². The second kappa shape index (κ2) is 5.49. The van der Waals surface area contributed by atoms with E-state index in [9.17, 15) is 0 Å². The number of fused-ring (bicyclic) bond motifs is 1. The smallest absolute Gasteiger partial charge is 0.0553 e. The topological polar surface area (TPSA) is 19.4 Å². The van der Waals surface area contributed by atoms with Crippen LogP contribution in [0.4, 0.5) is 5.69 Å². The van der Waals surface area contributed by atoms with E-state index in [2.05, 4.69) is 51.2 Å². The average Bonchev–Trinajstić information content (AvgIpc) is 2.54. The van der Waals surface area contributed by atoms with E-state index in [4.69, 9.17) is 0 Å². The summed E-state index contributed by atoms with van der Waals surface area (Å²) in [7, 11) is 0. The minimum atomic E-state index is 0.708. The molecule has 3 heteroatoms. The largest absolute Gasteiger partial charge is 0.369 e. The Morgan fingerprint density at radius 2 is 1.95 bits per heavy atom. The van der Waals surface area contributed by atoms with Crippen molar-refractivity contribution in [1.29, 1.82) is 0 Å². The first kappa shape index (κ1) is 12.8. The number of likely N-dealkylation sites (tertiary alicyclic amines) is 1. The van der Waals surface area contributed by atoms with Gasteiger partial charge in [-0.25, -0.2) is 0 Å². The number of aromatic nitrogens is 1. The van der Waals surface area contributed by atoms with E-state index in [1.807, 2.05) is 18.5 Å². The molecule has 2 saturated heterocycles. The van der Waals surface area contributed by atoms with Gasteiger partial charge in [-0.15, -0.1) is 0 Å². The number of anilines is 1. The molecule has 0 amide bonds. The molecular weight excluding hydrogens is 258 g/mol. The van der Waals surface area contributed by atoms with E-state index in [0.29, 0.717) is 6.04 Å². The van der Waals surface area contributed by atoms with Crippen LogP contribution in [0.15, 0.2) is 54.9 Å². The monoisotopic (exact) mass is 279 g/mol. The molecule has 0 spiro atoms. The number of nitrogens with zero attached hydrogens (tertiary/aromatic N) is 3. The molecule has 2 unspecified atom stereocenters. The van der Waals surface area contributed by atoms with Crippen molar-refractivity contribution in [2.45, 2.75) is 19.0 Å². The highest BCUT2D eigenvalue weighted by molar-refractivity contribution is 5.44. The van der Waals surface area contributed by atoms with Crippen LogP contribution < -0.4 is 4.90 Å². The second-order valence-corrected chi connectivity index (χ2v) is 6.19. The molecule has 1 aromatic heterocycles. The molecule has 3 heterocycles. The van der Waals surface area contributed by atoms with E-state index in [-0.39, 0.29) is 0 Å². The van der Waals surface area contributed by atoms with Crippen LogP contribution >= 0.6 is 0 Å². The van der Waals surface area contributed by atoms with Gasteiger partial charge in [-0.3, -0.25) is 9.88 Å². The Kier molecular flexibility index (Phi) is 3.36. The minimum Gasteiger partial charge on any atom is -0.369 e. The van der Waals surface area contributed by atoms with Crippen molar-refractivity contribution >= 4 is 5.69 Å². The number of piperidine rings is 1. The molecule has 0 aliphatic carbocycles. The third-order valence-electron chi connectivity index (χ3n) is 4.90. The summed E-state index contributed by atoms with van der Waals surface area (Å²) in [6.45, 7) is 4.67. The Labute approximate surface area is 126 Å². The minimum absolute atomic E-state index is 0.708. The van der Waals surface area contributed by atoms with Crippen LogP contribution in [-0.2, 0) is 6.54 Å². The van der Waals surface area contributed by atoms with Gasteiger partial charge in [0.05, 0.1) is 11.9 Å². The summed E-state index contributed by atoms with van der Waals surface area (Å²) in [5.41, 5.74) is 2.69. The van der Waals surface area contributed by atoms with Crippen LogP contribution in [0.5, 0.6) is 0 Å². The van der Waals surface area contributed by atoms with E-state index in [0.717, 1.165) is 19.0 Å². The van der Waals surface area contributed by atoms with Crippen molar-refractivity contribution in [2.24, 2.45) is 5.92 Å². The Morgan fingerprint density at radius 1 is 1.05 bits per heavy atom. The predicted octanol–water partition coefficient (Wildman–Crippen LogP) is 2.79. The fourth-order valence-electron chi connectivity index (χ4n) is 3.68. The van der Waals surface area contributed by atoms with Crippen LogP contribution in [0.3, 0.4) is 0 Å². The summed E-state index contributed by atoms with van der Waals surface area (Å²) < 4.78 is 0. The second-order valence-electron chi connectivity index (χ2n) is 6.19. The Hall–Kier alpha value is -1.87. The summed E-state index contributed by atoms with van der Waals surface area (Å²) in [5, 5.41) is 0. The lowest BCUT2D eigenvalue weighted by Gasteiger charge is -2.54. The molecule has 0 saturated carbocycles. The van der Waals surface area contributed by atoms with Gasteiger partial charge in [-0.05, 0) is 30.0 Å². The number of pyridine rings is 1. The van der Waals surface area contributed by atoms with Crippen molar-refractivity contribution < 1.29 is 0 Å². The number of benzene rings is 1. The lowest BCUT2D eigenvalue weighted by molar-refractivity contribution is -0.00377. The van der Waals surface area contributed by atoms with Gasteiger partial charge in [0.2, 0.25) is 0 Å². The maximum Gasteiger partial charge on any atom is 0.0553 e. The lowest BCUT2D eigenvalue weighted by atomic mass is 9.82. The molecule has 2 aliphatic rings. The van der Waals surface area contributed by atoms with Gasteiger partial charge in [0.1, 0.15) is 0 Å². The van der Waals surface area contributed by atoms with Crippen LogP contribution in [-0.4, -0.2) is 35.6 Å². The molecule has 3 nitrogen and oxygen atoms in total. The molecule has 2 atom stereocenters. The number of hydrogen-bond donors (Lipinski definition) is 0. The maximum absolute atomic E-state index is 4.25. The van der Waals surface area contributed by atoms with Crippen LogP contribution in [0.25, 0.3) is 0 Å². The van der Waals surface area contributed by atoms with Gasteiger partial charge in [-0.1, -0.05) is 30.3 Å². The normalized spacial score (nSPS) is 25.2. The predicted molar refractivity (Wildman–Crippen MR) is 85.2 cm³/mol. The fraction of sp³-hybridized carbons (Fsp3) is 0.389. The van der Waals surface area contributed by atoms with Gasteiger partial charge in [0, 0.05) is 38.4 Å². The lowest BCUT2D eigenvalue weighted by Crippen LogP contribution is -2.63. The average molecular weight is 279 g/mol. The van der Waals surface area contributed by atoms with Gasteiger partial charge in [0.25, 0.3) is 0 Å². The first-order valence-electron chi connectivity index (χ1n) is 7.83. The molecule has 1 aromatic carbocycles. The highest BCUT2D eigenvalue weighted by Crippen LogP contribution is 2.35. The standard InChI is InChI=1S/C18H21N3/c1-2-5-15(6-3-1)12-21-13-16-8-10-20(14-18(16)21)17-7-4-9-19-11-17/h1-7,9,11,16,18H,8,10,12-14H2. The molecule has 2 fully saturated rings. The van der Waals surface area contributed by atoms with E-state index in [1.54, 1.807) is 0 Å². The van der Waals surface area contributed by atoms with Gasteiger partial charge in [0.15, 0.2) is 0 Å². The number of hydrogen-bond acceptors (Lipinski definition) is 3. The highest BCUT2D eigenvalue weighted by atomic mass is 15.3. The van der Waals surface area contributed by atoms with E-state index < -0.39 is 0 Å². The maximum atomic E-state index is 4.25. The zero-order valence-electron chi connectivity index (χ0n) is 12.2. The Morgan fingerprint density at radius 3 is 2.76 bits per heavy atom. The summed E-state index contributed by atoms with van der Waals surface area (Å²) in [4.78, 5) is 9.37. The molecule has 0 radical (unpaired) electrons. The summed E-state index contributed by atoms with van der Waals surface area (Å²) in [5.74, 6) is 0.890. The van der Waals surface area contributed by atoms with Crippen molar-refractivity contribution in [3.05, 3.63) is 60.4 Å². The zero-order valence-corrected chi connectivity index (χ0v) is 12.2. The summed E-state index contributed by atoms with van der Waals surface area (Å²) >= 11 is 0. The third-order valence-corrected chi connectivity index (χ3v) is 4.90. The third kappa shape index (κ3) is 2.54. The molecular formula is C18H21N3. The Balaban J connectivity index is 1.43. The van der Waals surface area contributed by atoms with Crippen LogP contribution in [0.2, 0.25) is 0 Å². The quantitative estimate of drug-likeness (QED) is 0.861. The van der Waals surface area contributed by atoms with Crippen molar-refractivity contribution in [3.63, 3.8) is 0 Å². The summed E-state index contributed by atoms with van der Waals surface area (Å²) in [6, 6.07) is 15.7. The molecule has 0 bridgehead atoms. The van der Waals surface area contributed by atoms with Gasteiger partial charge in [-0.2, -0.15) is 0 Å². The molecule has 4 rings (SSSR count). The van der Waals surface area contributed by atoms with Crippen LogP contribution in [0, 0.1) is 5.92 Å². The molecule has 21 heavy (non-hydrogen) atoms. The van der Waals surface area contributed by atoms with Gasteiger partial charge < -0.3 is 4.90 Å². The molecule has 2 aliphatic heterocycles. The van der Waals surface area contributed by atoms with E-state index >= 15 is 0 Å².